The van der Waals surface area contributed by atoms with Gasteiger partial charge in [-0.15, -0.1) is 0 Å². The number of benzene rings is 1. The van der Waals surface area contributed by atoms with Crippen LogP contribution in [0.4, 0.5) is 22.0 Å². The van der Waals surface area contributed by atoms with E-state index in [9.17, 15) is 31.5 Å². The van der Waals surface area contributed by atoms with Gasteiger partial charge in [0, 0.05) is 23.4 Å². The van der Waals surface area contributed by atoms with Crippen molar-refractivity contribution in [2.45, 2.75) is 45.5 Å². The van der Waals surface area contributed by atoms with Crippen LogP contribution in [0.5, 0.6) is 5.75 Å². The predicted molar refractivity (Wildman–Crippen MR) is 97.3 cm³/mol. The van der Waals surface area contributed by atoms with Crippen molar-refractivity contribution in [2.24, 2.45) is 0 Å². The first-order valence-corrected chi connectivity index (χ1v) is 8.80. The summed E-state index contributed by atoms with van der Waals surface area (Å²) in [6, 6.07) is 6.79. The minimum absolute atomic E-state index is 0.0410. The lowest BCUT2D eigenvalue weighted by molar-refractivity contribution is -0.360. The van der Waals surface area contributed by atoms with Gasteiger partial charge in [0.1, 0.15) is 11.5 Å². The number of alkyl halides is 5. The number of amides is 1. The molecule has 0 bridgehead atoms. The van der Waals surface area contributed by atoms with Gasteiger partial charge in [-0.3, -0.25) is 14.6 Å². The van der Waals surface area contributed by atoms with Gasteiger partial charge in [0.25, 0.3) is 5.91 Å². The Morgan fingerprint density at radius 1 is 1.10 bits per heavy atom. The van der Waals surface area contributed by atoms with E-state index in [0.717, 1.165) is 24.3 Å². The van der Waals surface area contributed by atoms with Gasteiger partial charge in [0.15, 0.2) is 0 Å². The number of nitrogens with zero attached hydrogens (tertiary/aromatic N) is 1. The Morgan fingerprint density at radius 2 is 1.70 bits per heavy atom. The molecule has 2 rings (SSSR count). The molecule has 1 heterocycles. The molecule has 162 valence electrons. The molecule has 1 unspecified atom stereocenters. The summed E-state index contributed by atoms with van der Waals surface area (Å²) in [6.07, 6.45) is -11.1. The molecule has 0 fully saturated rings. The van der Waals surface area contributed by atoms with Gasteiger partial charge >= 0.3 is 12.3 Å². The Labute approximate surface area is 169 Å². The van der Waals surface area contributed by atoms with Crippen molar-refractivity contribution < 1.29 is 36.3 Å². The molecule has 0 spiro atoms. The average molecular weight is 430 g/mol. The van der Waals surface area contributed by atoms with Gasteiger partial charge in [-0.1, -0.05) is 0 Å². The number of pyridine rings is 1. The standard InChI is InChI=1S/C20H19F5N2O3/c1-11-8-15(10-16(26-11)9-12(2)28)13(3)27-18(29)14-4-6-17(7-5-14)30-20(24,25)19(21,22)23/h4-8,10,13H,9H2,1-3H3,(H,27,29). The van der Waals surface area contributed by atoms with Crippen LogP contribution in [-0.4, -0.2) is 29.0 Å². The molecule has 10 heteroatoms. The Morgan fingerprint density at radius 3 is 2.23 bits per heavy atom. The zero-order valence-electron chi connectivity index (χ0n) is 16.3. The van der Waals surface area contributed by atoms with Crippen molar-refractivity contribution >= 4 is 11.7 Å². The van der Waals surface area contributed by atoms with E-state index in [0.29, 0.717) is 17.0 Å². The zero-order valence-corrected chi connectivity index (χ0v) is 16.3. The normalized spacial score (nSPS) is 12.9. The van der Waals surface area contributed by atoms with Crippen LogP contribution in [0.2, 0.25) is 0 Å². The molecule has 0 aliphatic heterocycles. The molecule has 1 amide bonds. The summed E-state index contributed by atoms with van der Waals surface area (Å²) < 4.78 is 66.1. The van der Waals surface area contributed by atoms with Gasteiger partial charge < -0.3 is 10.1 Å². The molecular formula is C20H19F5N2O3. The molecule has 5 nitrogen and oxygen atoms in total. The summed E-state index contributed by atoms with van der Waals surface area (Å²) in [5.41, 5.74) is 1.97. The second kappa shape index (κ2) is 8.76. The van der Waals surface area contributed by atoms with Gasteiger partial charge in [-0.2, -0.15) is 22.0 Å². The third kappa shape index (κ3) is 5.98. The number of hydrogen-bond donors (Lipinski definition) is 1. The maximum absolute atomic E-state index is 12.9. The Hall–Kier alpha value is -3.04. The van der Waals surface area contributed by atoms with E-state index >= 15 is 0 Å². The topological polar surface area (TPSA) is 68.3 Å². The van der Waals surface area contributed by atoms with Crippen molar-refractivity contribution in [2.75, 3.05) is 0 Å². The van der Waals surface area contributed by atoms with Crippen molar-refractivity contribution in [3.05, 3.63) is 58.9 Å². The third-order valence-electron chi connectivity index (χ3n) is 4.00. The summed E-state index contributed by atoms with van der Waals surface area (Å²) in [5.74, 6) is -1.37. The fourth-order valence-electron chi connectivity index (χ4n) is 2.61. The second-order valence-electron chi connectivity index (χ2n) is 6.75. The predicted octanol–water partition coefficient (Wildman–Crippen LogP) is 4.55. The molecule has 30 heavy (non-hydrogen) atoms. The van der Waals surface area contributed by atoms with E-state index in [-0.39, 0.29) is 17.8 Å². The van der Waals surface area contributed by atoms with E-state index in [2.05, 4.69) is 15.0 Å². The first-order valence-electron chi connectivity index (χ1n) is 8.80. The molecule has 2 aromatic rings. The van der Waals surface area contributed by atoms with Crippen molar-refractivity contribution in [3.8, 4) is 5.75 Å². The minimum atomic E-state index is -5.86. The summed E-state index contributed by atoms with van der Waals surface area (Å²) in [5, 5.41) is 2.69. The van der Waals surface area contributed by atoms with Crippen LogP contribution in [0, 0.1) is 6.92 Å². The number of Topliss-reactive ketones (excluding diaryl/α,β-unsaturated/α-hetero) is 1. The van der Waals surface area contributed by atoms with E-state index in [1.54, 1.807) is 26.0 Å². The summed E-state index contributed by atoms with van der Waals surface area (Å²) >= 11 is 0. The fourth-order valence-corrected chi connectivity index (χ4v) is 2.61. The Bertz CT molecular complexity index is 927. The third-order valence-corrected chi connectivity index (χ3v) is 4.00. The van der Waals surface area contributed by atoms with Crippen LogP contribution in [0.3, 0.4) is 0 Å². The van der Waals surface area contributed by atoms with Gasteiger partial charge in [0.05, 0.1) is 6.04 Å². The summed E-state index contributed by atoms with van der Waals surface area (Å²) in [7, 11) is 0. The number of carbonyl (C=O) groups excluding carboxylic acids is 2. The molecule has 1 aromatic heterocycles. The molecule has 1 N–H and O–H groups in total. The maximum Gasteiger partial charge on any atom is 0.499 e. The van der Waals surface area contributed by atoms with Crippen molar-refractivity contribution in [1.29, 1.82) is 0 Å². The number of carbonyl (C=O) groups is 2. The van der Waals surface area contributed by atoms with E-state index in [4.69, 9.17) is 0 Å². The Balaban J connectivity index is 2.09. The monoisotopic (exact) mass is 430 g/mol. The molecule has 0 aliphatic carbocycles. The van der Waals surface area contributed by atoms with E-state index in [1.165, 1.54) is 6.92 Å². The second-order valence-corrected chi connectivity index (χ2v) is 6.75. The van der Waals surface area contributed by atoms with E-state index < -0.39 is 30.0 Å². The number of hydrogen-bond acceptors (Lipinski definition) is 4. The van der Waals surface area contributed by atoms with Crippen LogP contribution >= 0.6 is 0 Å². The van der Waals surface area contributed by atoms with Crippen LogP contribution in [0.1, 0.15) is 47.2 Å². The molecular weight excluding hydrogens is 411 g/mol. The molecule has 1 aromatic carbocycles. The first kappa shape index (κ1) is 23.2. The number of rotatable bonds is 7. The smallest absolute Gasteiger partial charge is 0.426 e. The van der Waals surface area contributed by atoms with Crippen LogP contribution in [0.15, 0.2) is 36.4 Å². The van der Waals surface area contributed by atoms with Crippen LogP contribution in [-0.2, 0) is 11.2 Å². The summed E-state index contributed by atoms with van der Waals surface area (Å²) in [4.78, 5) is 28.0. The first-order chi connectivity index (χ1) is 13.8. The number of nitrogens with one attached hydrogen (secondary N) is 1. The maximum atomic E-state index is 12.9. The lowest BCUT2D eigenvalue weighted by Gasteiger charge is -2.20. The van der Waals surface area contributed by atoms with Crippen molar-refractivity contribution in [1.82, 2.24) is 10.3 Å². The van der Waals surface area contributed by atoms with Gasteiger partial charge in [-0.05, 0) is 62.7 Å². The molecule has 1 atom stereocenters. The number of aryl methyl sites for hydroxylation is 1. The van der Waals surface area contributed by atoms with Gasteiger partial charge in [-0.25, -0.2) is 0 Å². The minimum Gasteiger partial charge on any atom is -0.426 e. The van der Waals surface area contributed by atoms with E-state index in [1.807, 2.05) is 0 Å². The average Bonchev–Trinajstić information content (AvgIpc) is 2.59. The SMILES string of the molecule is CC(=O)Cc1cc(C(C)NC(=O)c2ccc(OC(F)(F)C(F)(F)F)cc2)cc(C)n1. The highest BCUT2D eigenvalue weighted by atomic mass is 19.4. The molecule has 0 saturated carbocycles. The molecule has 0 aliphatic rings. The highest BCUT2D eigenvalue weighted by molar-refractivity contribution is 5.94. The highest BCUT2D eigenvalue weighted by Crippen LogP contribution is 2.37. The Kier molecular flexibility index (Phi) is 6.79. The quantitative estimate of drug-likeness (QED) is 0.655. The lowest BCUT2D eigenvalue weighted by atomic mass is 10.0. The highest BCUT2D eigenvalue weighted by Gasteiger charge is 2.61. The number of halogens is 5. The van der Waals surface area contributed by atoms with Gasteiger partial charge in [0.2, 0.25) is 0 Å². The summed E-state index contributed by atoms with van der Waals surface area (Å²) in [6.45, 7) is 4.88. The van der Waals surface area contributed by atoms with Crippen molar-refractivity contribution in [3.63, 3.8) is 0 Å². The number of aromatic nitrogens is 1. The van der Waals surface area contributed by atoms with Crippen LogP contribution in [0.25, 0.3) is 0 Å². The van der Waals surface area contributed by atoms with Crippen LogP contribution < -0.4 is 10.1 Å². The molecule has 0 radical (unpaired) electrons. The number of ketones is 1. The fraction of sp³-hybridized carbons (Fsp3) is 0.350. The molecule has 0 saturated heterocycles. The lowest BCUT2D eigenvalue weighted by Crippen LogP contribution is -2.41. The largest absolute Gasteiger partial charge is 0.499 e. The zero-order chi connectivity index (χ0) is 22.7. The number of ether oxygens (including phenoxy) is 1.